The van der Waals surface area contributed by atoms with Crippen LogP contribution in [0.5, 0.6) is 0 Å². The molecule has 0 radical (unpaired) electrons. The molecule has 1 aliphatic heterocycles. The zero-order chi connectivity index (χ0) is 17.2. The van der Waals surface area contributed by atoms with Gasteiger partial charge in [0, 0.05) is 37.8 Å². The fourth-order valence-corrected chi connectivity index (χ4v) is 3.25. The molecule has 7 nitrogen and oxygen atoms in total. The summed E-state index contributed by atoms with van der Waals surface area (Å²) in [5.41, 5.74) is 2.73. The lowest BCUT2D eigenvalue weighted by molar-refractivity contribution is -0.127. The van der Waals surface area contributed by atoms with Gasteiger partial charge in [0.15, 0.2) is 11.5 Å². The molecule has 4 heterocycles. The number of rotatable bonds is 4. The van der Waals surface area contributed by atoms with Gasteiger partial charge in [-0.3, -0.25) is 14.9 Å². The number of hydrogen-bond donors (Lipinski definition) is 2. The average molecular weight is 336 g/mol. The van der Waals surface area contributed by atoms with Gasteiger partial charge in [-0.05, 0) is 30.7 Å². The third kappa shape index (κ3) is 3.17. The first-order valence-corrected chi connectivity index (χ1v) is 8.45. The Morgan fingerprint density at radius 1 is 1.36 bits per heavy atom. The largest absolute Gasteiger partial charge is 0.362 e. The van der Waals surface area contributed by atoms with E-state index in [1.54, 1.807) is 13.1 Å². The van der Waals surface area contributed by atoms with Crippen LogP contribution in [-0.2, 0) is 11.3 Å². The predicted octanol–water partition coefficient (Wildman–Crippen LogP) is 2.30. The topological polar surface area (TPSA) is 86.8 Å². The van der Waals surface area contributed by atoms with Crippen LogP contribution in [0.2, 0.25) is 0 Å². The minimum absolute atomic E-state index is 0.131. The second-order valence-corrected chi connectivity index (χ2v) is 6.33. The average Bonchev–Trinajstić information content (AvgIpc) is 3.28. The van der Waals surface area contributed by atoms with E-state index in [9.17, 15) is 4.79 Å². The number of aromatic amines is 1. The molecule has 3 aromatic heterocycles. The first-order valence-electron chi connectivity index (χ1n) is 8.45. The van der Waals surface area contributed by atoms with Crippen molar-refractivity contribution in [2.75, 3.05) is 18.4 Å². The van der Waals surface area contributed by atoms with Crippen LogP contribution < -0.4 is 5.32 Å². The second kappa shape index (κ2) is 6.51. The van der Waals surface area contributed by atoms with Crippen molar-refractivity contribution in [1.82, 2.24) is 25.1 Å². The van der Waals surface area contributed by atoms with Gasteiger partial charge in [-0.25, -0.2) is 4.98 Å². The Morgan fingerprint density at radius 3 is 3.04 bits per heavy atom. The zero-order valence-corrected chi connectivity index (χ0v) is 14.1. The third-order valence-corrected chi connectivity index (χ3v) is 4.66. The molecule has 4 rings (SSSR count). The molecule has 0 saturated carbocycles. The molecule has 3 aromatic rings. The number of carbonyl (C=O) groups is 1. The van der Waals surface area contributed by atoms with Crippen molar-refractivity contribution >= 4 is 22.8 Å². The first-order chi connectivity index (χ1) is 12.2. The molecule has 1 saturated heterocycles. The summed E-state index contributed by atoms with van der Waals surface area (Å²) in [5.74, 6) is 1.20. The van der Waals surface area contributed by atoms with E-state index in [0.29, 0.717) is 12.5 Å². The number of hydrogen-bond acceptors (Lipinski definition) is 5. The van der Waals surface area contributed by atoms with Gasteiger partial charge in [-0.2, -0.15) is 5.10 Å². The lowest BCUT2D eigenvalue weighted by Gasteiger charge is -2.13. The zero-order valence-electron chi connectivity index (χ0n) is 14.1. The molecule has 0 aliphatic carbocycles. The molecule has 0 aromatic carbocycles. The highest BCUT2D eigenvalue weighted by Crippen LogP contribution is 2.28. The summed E-state index contributed by atoms with van der Waals surface area (Å²) >= 11 is 0. The van der Waals surface area contributed by atoms with E-state index in [2.05, 4.69) is 20.5 Å². The fourth-order valence-electron chi connectivity index (χ4n) is 3.25. The normalized spacial score (nSPS) is 17.2. The molecule has 25 heavy (non-hydrogen) atoms. The van der Waals surface area contributed by atoms with Crippen molar-refractivity contribution < 1.29 is 4.79 Å². The summed E-state index contributed by atoms with van der Waals surface area (Å²) in [6.45, 7) is 3.78. The van der Waals surface area contributed by atoms with E-state index in [4.69, 9.17) is 4.98 Å². The van der Waals surface area contributed by atoms with E-state index in [0.717, 1.165) is 47.7 Å². The standard InChI is InChI=1S/C18H20N6O/c1-12(25)24-9-7-13(11-24)16-6-5-15-17(22-23-18(15)21-16)20-10-14-4-2-3-8-19-14/h2-6,8,13H,7,9-11H2,1H3,(H2,20,21,22,23)/t13-/m1/s1. The van der Waals surface area contributed by atoms with Gasteiger partial charge in [0.2, 0.25) is 5.91 Å². The quantitative estimate of drug-likeness (QED) is 0.763. The van der Waals surface area contributed by atoms with E-state index in [1.807, 2.05) is 35.2 Å². The van der Waals surface area contributed by atoms with Crippen LogP contribution in [0.1, 0.15) is 30.7 Å². The van der Waals surface area contributed by atoms with Crippen molar-refractivity contribution in [1.29, 1.82) is 0 Å². The highest BCUT2D eigenvalue weighted by molar-refractivity contribution is 5.87. The molecule has 1 atom stereocenters. The molecular formula is C18H20N6O. The summed E-state index contributed by atoms with van der Waals surface area (Å²) in [5, 5.41) is 11.6. The number of aromatic nitrogens is 4. The van der Waals surface area contributed by atoms with E-state index in [-0.39, 0.29) is 5.91 Å². The Balaban J connectivity index is 1.50. The first kappa shape index (κ1) is 15.6. The Bertz CT molecular complexity index is 891. The summed E-state index contributed by atoms with van der Waals surface area (Å²) in [6, 6.07) is 9.91. The molecule has 1 fully saturated rings. The molecular weight excluding hydrogens is 316 g/mol. The maximum atomic E-state index is 11.5. The van der Waals surface area contributed by atoms with Gasteiger partial charge in [-0.15, -0.1) is 0 Å². The lowest BCUT2D eigenvalue weighted by atomic mass is 10.0. The van der Waals surface area contributed by atoms with Crippen LogP contribution in [0, 0.1) is 0 Å². The number of nitrogens with one attached hydrogen (secondary N) is 2. The summed E-state index contributed by atoms with van der Waals surface area (Å²) in [7, 11) is 0. The van der Waals surface area contributed by atoms with Crippen molar-refractivity contribution in [2.24, 2.45) is 0 Å². The molecule has 128 valence electrons. The molecule has 0 spiro atoms. The number of likely N-dealkylation sites (tertiary alicyclic amines) is 1. The minimum Gasteiger partial charge on any atom is -0.362 e. The van der Waals surface area contributed by atoms with E-state index >= 15 is 0 Å². The smallest absolute Gasteiger partial charge is 0.219 e. The second-order valence-electron chi connectivity index (χ2n) is 6.33. The van der Waals surface area contributed by atoms with Gasteiger partial charge >= 0.3 is 0 Å². The maximum Gasteiger partial charge on any atom is 0.219 e. The van der Waals surface area contributed by atoms with Crippen molar-refractivity contribution in [3.63, 3.8) is 0 Å². The molecule has 0 bridgehead atoms. The highest BCUT2D eigenvalue weighted by Gasteiger charge is 2.26. The van der Waals surface area contributed by atoms with Crippen LogP contribution in [0.3, 0.4) is 0 Å². The van der Waals surface area contributed by atoms with Crippen LogP contribution in [0.15, 0.2) is 36.5 Å². The summed E-state index contributed by atoms with van der Waals surface area (Å²) in [6.07, 6.45) is 2.73. The lowest BCUT2D eigenvalue weighted by Crippen LogP contribution is -2.25. The van der Waals surface area contributed by atoms with Gasteiger partial charge in [-0.1, -0.05) is 6.07 Å². The van der Waals surface area contributed by atoms with Crippen molar-refractivity contribution in [2.45, 2.75) is 25.8 Å². The number of pyridine rings is 2. The molecule has 2 N–H and O–H groups in total. The number of amides is 1. The summed E-state index contributed by atoms with van der Waals surface area (Å²) in [4.78, 5) is 22.4. The molecule has 7 heteroatoms. The van der Waals surface area contributed by atoms with Crippen LogP contribution in [-0.4, -0.2) is 44.1 Å². The van der Waals surface area contributed by atoms with Crippen LogP contribution in [0.4, 0.5) is 5.82 Å². The monoisotopic (exact) mass is 336 g/mol. The molecule has 1 aliphatic rings. The minimum atomic E-state index is 0.131. The SMILES string of the molecule is CC(=O)N1CC[C@@H](c2ccc3c(NCc4ccccn4)n[nH]c3n2)C1. The Hall–Kier alpha value is -2.96. The predicted molar refractivity (Wildman–Crippen MR) is 95.1 cm³/mol. The fraction of sp³-hybridized carbons (Fsp3) is 0.333. The number of anilines is 1. The number of carbonyl (C=O) groups excluding carboxylic acids is 1. The van der Waals surface area contributed by atoms with Crippen molar-refractivity contribution in [3.05, 3.63) is 47.9 Å². The maximum absolute atomic E-state index is 11.5. The third-order valence-electron chi connectivity index (χ3n) is 4.66. The van der Waals surface area contributed by atoms with Crippen LogP contribution in [0.25, 0.3) is 11.0 Å². The van der Waals surface area contributed by atoms with Gasteiger partial charge in [0.25, 0.3) is 0 Å². The number of H-pyrrole nitrogens is 1. The van der Waals surface area contributed by atoms with Crippen molar-refractivity contribution in [3.8, 4) is 0 Å². The Kier molecular flexibility index (Phi) is 4.05. The van der Waals surface area contributed by atoms with Gasteiger partial charge < -0.3 is 10.2 Å². The van der Waals surface area contributed by atoms with Gasteiger partial charge in [0.05, 0.1) is 17.6 Å². The van der Waals surface area contributed by atoms with Gasteiger partial charge in [0.1, 0.15) is 0 Å². The number of fused-ring (bicyclic) bond motifs is 1. The van der Waals surface area contributed by atoms with E-state index < -0.39 is 0 Å². The van der Waals surface area contributed by atoms with E-state index in [1.165, 1.54) is 0 Å². The molecule has 0 unspecified atom stereocenters. The summed E-state index contributed by atoms with van der Waals surface area (Å²) < 4.78 is 0. The van der Waals surface area contributed by atoms with Crippen LogP contribution >= 0.6 is 0 Å². The Labute approximate surface area is 145 Å². The molecule has 1 amide bonds. The highest BCUT2D eigenvalue weighted by atomic mass is 16.2. The Morgan fingerprint density at radius 2 is 2.28 bits per heavy atom. The number of nitrogens with zero attached hydrogens (tertiary/aromatic N) is 4.